The number of hydrogen-bond donors (Lipinski definition) is 1. The molecule has 3 aromatic rings. The molecule has 1 aliphatic rings. The molecule has 1 unspecified atom stereocenters. The molecule has 1 amide bonds. The minimum atomic E-state index is -3.34. The van der Waals surface area contributed by atoms with Crippen molar-refractivity contribution in [2.24, 2.45) is 0 Å². The van der Waals surface area contributed by atoms with Gasteiger partial charge >= 0.3 is 0 Å². The SMILES string of the molecule is Cc1nc(N2CCCC2C(=O)NCc2ccco2)nc2cc(S(C)(=O)=O)ccc12. The smallest absolute Gasteiger partial charge is 0.243 e. The number of sulfone groups is 1. The summed E-state index contributed by atoms with van der Waals surface area (Å²) < 4.78 is 29.1. The predicted octanol–water partition coefficient (Wildman–Crippen LogP) is 2.22. The van der Waals surface area contributed by atoms with Crippen molar-refractivity contribution in [3.8, 4) is 0 Å². The summed E-state index contributed by atoms with van der Waals surface area (Å²) in [7, 11) is -3.34. The summed E-state index contributed by atoms with van der Waals surface area (Å²) in [5.41, 5.74) is 1.30. The summed E-state index contributed by atoms with van der Waals surface area (Å²) in [6, 6.07) is 8.06. The van der Waals surface area contributed by atoms with Crippen LogP contribution in [0, 0.1) is 6.92 Å². The molecule has 1 saturated heterocycles. The maximum atomic E-state index is 12.7. The number of aromatic nitrogens is 2. The average molecular weight is 414 g/mol. The molecule has 1 aromatic carbocycles. The largest absolute Gasteiger partial charge is 0.467 e. The van der Waals surface area contributed by atoms with Crippen LogP contribution in [0.25, 0.3) is 10.9 Å². The zero-order valence-corrected chi connectivity index (χ0v) is 17.1. The van der Waals surface area contributed by atoms with Crippen LogP contribution in [0.3, 0.4) is 0 Å². The monoisotopic (exact) mass is 414 g/mol. The summed E-state index contributed by atoms with van der Waals surface area (Å²) in [6.07, 6.45) is 4.29. The van der Waals surface area contributed by atoms with E-state index in [-0.39, 0.29) is 16.8 Å². The summed E-state index contributed by atoms with van der Waals surface area (Å²) in [4.78, 5) is 24.0. The molecule has 8 nitrogen and oxygen atoms in total. The molecule has 0 bridgehead atoms. The number of carbonyl (C=O) groups is 1. The van der Waals surface area contributed by atoms with E-state index in [2.05, 4.69) is 15.3 Å². The van der Waals surface area contributed by atoms with Gasteiger partial charge < -0.3 is 14.6 Å². The van der Waals surface area contributed by atoms with Crippen LogP contribution >= 0.6 is 0 Å². The van der Waals surface area contributed by atoms with Gasteiger partial charge in [-0.1, -0.05) is 0 Å². The zero-order valence-electron chi connectivity index (χ0n) is 16.3. The van der Waals surface area contributed by atoms with Crippen molar-refractivity contribution in [2.45, 2.75) is 37.2 Å². The van der Waals surface area contributed by atoms with Crippen LogP contribution in [-0.4, -0.2) is 43.1 Å². The standard InChI is InChI=1S/C20H22N4O4S/c1-13-16-8-7-15(29(2,26)27)11-17(16)23-20(22-13)24-9-3-6-18(24)19(25)21-12-14-5-4-10-28-14/h4-5,7-8,10-11,18H,3,6,9,12H2,1-2H3,(H,21,25). The second kappa shape index (κ2) is 7.47. The third-order valence-corrected chi connectivity index (χ3v) is 6.21. The van der Waals surface area contributed by atoms with Gasteiger partial charge in [0.05, 0.1) is 28.9 Å². The molecule has 0 saturated carbocycles. The fraction of sp³-hybridized carbons (Fsp3) is 0.350. The normalized spacial score (nSPS) is 17.0. The van der Waals surface area contributed by atoms with Crippen LogP contribution in [0.5, 0.6) is 0 Å². The van der Waals surface area contributed by atoms with Crippen molar-refractivity contribution < 1.29 is 17.6 Å². The van der Waals surface area contributed by atoms with E-state index >= 15 is 0 Å². The lowest BCUT2D eigenvalue weighted by Gasteiger charge is -2.24. The number of anilines is 1. The lowest BCUT2D eigenvalue weighted by atomic mass is 10.2. The lowest BCUT2D eigenvalue weighted by molar-refractivity contribution is -0.122. The van der Waals surface area contributed by atoms with Crippen molar-refractivity contribution >= 4 is 32.6 Å². The highest BCUT2D eigenvalue weighted by molar-refractivity contribution is 7.90. The van der Waals surface area contributed by atoms with Crippen molar-refractivity contribution in [3.05, 3.63) is 48.0 Å². The van der Waals surface area contributed by atoms with Crippen molar-refractivity contribution in [1.29, 1.82) is 0 Å². The van der Waals surface area contributed by atoms with E-state index in [9.17, 15) is 13.2 Å². The van der Waals surface area contributed by atoms with Crippen molar-refractivity contribution in [2.75, 3.05) is 17.7 Å². The summed E-state index contributed by atoms with van der Waals surface area (Å²) in [5.74, 6) is 1.02. The molecule has 1 aliphatic heterocycles. The second-order valence-corrected chi connectivity index (χ2v) is 9.22. The number of nitrogens with one attached hydrogen (secondary N) is 1. The van der Waals surface area contributed by atoms with E-state index in [1.165, 1.54) is 6.26 Å². The Hall–Kier alpha value is -2.94. The van der Waals surface area contributed by atoms with Gasteiger partial charge in [-0.25, -0.2) is 18.4 Å². The average Bonchev–Trinajstić information content (AvgIpc) is 3.36. The highest BCUT2D eigenvalue weighted by Gasteiger charge is 2.32. The number of hydrogen-bond acceptors (Lipinski definition) is 7. The first kappa shape index (κ1) is 19.4. The fourth-order valence-corrected chi connectivity index (χ4v) is 4.24. The lowest BCUT2D eigenvalue weighted by Crippen LogP contribution is -2.43. The molecular formula is C20H22N4O4S. The first-order chi connectivity index (χ1) is 13.8. The maximum absolute atomic E-state index is 12.7. The van der Waals surface area contributed by atoms with E-state index in [0.29, 0.717) is 36.7 Å². The first-order valence-electron chi connectivity index (χ1n) is 9.38. The number of benzene rings is 1. The Balaban J connectivity index is 1.62. The van der Waals surface area contributed by atoms with Gasteiger partial charge in [-0.3, -0.25) is 4.79 Å². The molecule has 1 N–H and O–H groups in total. The third-order valence-electron chi connectivity index (χ3n) is 5.10. The van der Waals surface area contributed by atoms with Gasteiger partial charge in [0.2, 0.25) is 11.9 Å². The molecule has 2 aromatic heterocycles. The van der Waals surface area contributed by atoms with Crippen LogP contribution in [-0.2, 0) is 21.2 Å². The van der Waals surface area contributed by atoms with E-state index < -0.39 is 9.84 Å². The van der Waals surface area contributed by atoms with Crippen LogP contribution in [0.2, 0.25) is 0 Å². The number of amides is 1. The Labute approximate surface area is 168 Å². The first-order valence-corrected chi connectivity index (χ1v) is 11.3. The molecule has 9 heteroatoms. The van der Waals surface area contributed by atoms with Gasteiger partial charge in [-0.2, -0.15) is 0 Å². The fourth-order valence-electron chi connectivity index (χ4n) is 3.60. The molecule has 4 rings (SSSR count). The van der Waals surface area contributed by atoms with E-state index in [1.807, 2.05) is 17.9 Å². The predicted molar refractivity (Wildman–Crippen MR) is 108 cm³/mol. The number of rotatable bonds is 5. The Morgan fingerprint density at radius 2 is 2.14 bits per heavy atom. The maximum Gasteiger partial charge on any atom is 0.243 e. The minimum Gasteiger partial charge on any atom is -0.467 e. The highest BCUT2D eigenvalue weighted by Crippen LogP contribution is 2.27. The quantitative estimate of drug-likeness (QED) is 0.682. The highest BCUT2D eigenvalue weighted by atomic mass is 32.2. The summed E-state index contributed by atoms with van der Waals surface area (Å²) in [5, 5.41) is 3.69. The molecule has 152 valence electrons. The number of carbonyl (C=O) groups excluding carboxylic acids is 1. The van der Waals surface area contributed by atoms with Crippen molar-refractivity contribution in [1.82, 2.24) is 15.3 Å². The summed E-state index contributed by atoms with van der Waals surface area (Å²) >= 11 is 0. The molecule has 0 spiro atoms. The molecule has 3 heterocycles. The molecule has 1 fully saturated rings. The molecule has 29 heavy (non-hydrogen) atoms. The summed E-state index contributed by atoms with van der Waals surface area (Å²) in [6.45, 7) is 2.84. The molecule has 0 radical (unpaired) electrons. The van der Waals surface area contributed by atoms with E-state index in [1.54, 1.807) is 30.5 Å². The van der Waals surface area contributed by atoms with Crippen molar-refractivity contribution in [3.63, 3.8) is 0 Å². The minimum absolute atomic E-state index is 0.106. The Morgan fingerprint density at radius 3 is 2.86 bits per heavy atom. The van der Waals surface area contributed by atoms with Crippen LogP contribution < -0.4 is 10.2 Å². The number of furan rings is 1. The van der Waals surface area contributed by atoms with Gasteiger partial charge in [-0.15, -0.1) is 0 Å². The number of aryl methyl sites for hydroxylation is 1. The Bertz CT molecular complexity index is 1160. The third kappa shape index (κ3) is 3.95. The van der Waals surface area contributed by atoms with Gasteiger partial charge in [0.1, 0.15) is 11.8 Å². The van der Waals surface area contributed by atoms with Crippen LogP contribution in [0.4, 0.5) is 5.95 Å². The van der Waals surface area contributed by atoms with Crippen LogP contribution in [0.1, 0.15) is 24.3 Å². The van der Waals surface area contributed by atoms with Gasteiger partial charge in [0.25, 0.3) is 0 Å². The Morgan fingerprint density at radius 1 is 1.31 bits per heavy atom. The van der Waals surface area contributed by atoms with E-state index in [0.717, 1.165) is 17.5 Å². The molecule has 0 aliphatic carbocycles. The zero-order chi connectivity index (χ0) is 20.6. The van der Waals surface area contributed by atoms with Gasteiger partial charge in [0.15, 0.2) is 9.84 Å². The number of nitrogens with zero attached hydrogens (tertiary/aromatic N) is 3. The van der Waals surface area contributed by atoms with Crippen LogP contribution in [0.15, 0.2) is 45.9 Å². The molecule has 1 atom stereocenters. The number of fused-ring (bicyclic) bond motifs is 1. The second-order valence-electron chi connectivity index (χ2n) is 7.21. The van der Waals surface area contributed by atoms with E-state index in [4.69, 9.17) is 4.42 Å². The topological polar surface area (TPSA) is 105 Å². The molecular weight excluding hydrogens is 392 g/mol. The van der Waals surface area contributed by atoms with Gasteiger partial charge in [0, 0.05) is 18.2 Å². The Kier molecular flexibility index (Phi) is 4.99. The van der Waals surface area contributed by atoms with Gasteiger partial charge in [-0.05, 0) is 50.1 Å².